The Morgan fingerprint density at radius 1 is 1.47 bits per heavy atom. The van der Waals surface area contributed by atoms with Crippen molar-refractivity contribution in [3.63, 3.8) is 0 Å². The molecule has 0 fully saturated rings. The largest absolute Gasteiger partial charge is 0.392 e. The molecule has 0 saturated carbocycles. The highest BCUT2D eigenvalue weighted by Crippen LogP contribution is 2.26. The molecule has 0 aliphatic carbocycles. The maximum Gasteiger partial charge on any atom is 0.0646 e. The molecule has 1 unspecified atom stereocenters. The Morgan fingerprint density at radius 2 is 2.13 bits per heavy atom. The van der Waals surface area contributed by atoms with Crippen molar-refractivity contribution >= 4 is 15.9 Å². The maximum atomic E-state index is 10.0. The molecule has 1 rings (SSSR count). The number of pyridine rings is 1. The van der Waals surface area contributed by atoms with Gasteiger partial charge in [-0.15, -0.1) is 0 Å². The SMILES string of the molecule is CCC(C)(C)C(O)Cc1ccc(Br)cn1. The van der Waals surface area contributed by atoms with Crippen molar-refractivity contribution in [3.05, 3.63) is 28.5 Å². The number of hydrogen-bond acceptors (Lipinski definition) is 2. The van der Waals surface area contributed by atoms with E-state index in [2.05, 4.69) is 41.7 Å². The third-order valence-electron chi connectivity index (χ3n) is 3.00. The first kappa shape index (κ1) is 12.7. The fourth-order valence-corrected chi connectivity index (χ4v) is 1.47. The minimum absolute atomic E-state index is 0.0469. The molecule has 0 aliphatic rings. The Bertz CT molecular complexity index is 308. The summed E-state index contributed by atoms with van der Waals surface area (Å²) in [5.41, 5.74) is 0.890. The number of hydrogen-bond donors (Lipinski definition) is 1. The zero-order valence-electron chi connectivity index (χ0n) is 9.50. The van der Waals surface area contributed by atoms with Crippen molar-refractivity contribution in [1.82, 2.24) is 4.98 Å². The molecular weight excluding hydrogens is 254 g/mol. The summed E-state index contributed by atoms with van der Waals surface area (Å²) in [6, 6.07) is 3.90. The van der Waals surface area contributed by atoms with Gasteiger partial charge in [-0.2, -0.15) is 0 Å². The maximum absolute atomic E-state index is 10.0. The van der Waals surface area contributed by atoms with Gasteiger partial charge in [0.1, 0.15) is 0 Å². The molecule has 1 heterocycles. The normalized spacial score (nSPS) is 13.9. The lowest BCUT2D eigenvalue weighted by Gasteiger charge is -2.28. The number of aliphatic hydroxyl groups excluding tert-OH is 1. The van der Waals surface area contributed by atoms with Crippen LogP contribution in [-0.2, 0) is 6.42 Å². The average Bonchev–Trinajstić information content (AvgIpc) is 2.21. The van der Waals surface area contributed by atoms with Crippen LogP contribution in [0.15, 0.2) is 22.8 Å². The van der Waals surface area contributed by atoms with Gasteiger partial charge in [-0.3, -0.25) is 4.98 Å². The van der Waals surface area contributed by atoms with Crippen LogP contribution in [0, 0.1) is 5.41 Å². The third-order valence-corrected chi connectivity index (χ3v) is 3.47. The number of aromatic nitrogens is 1. The van der Waals surface area contributed by atoms with E-state index in [9.17, 15) is 5.11 Å². The predicted molar refractivity (Wildman–Crippen MR) is 65.7 cm³/mol. The molecule has 15 heavy (non-hydrogen) atoms. The molecule has 1 aromatic rings. The second kappa shape index (κ2) is 5.08. The number of halogens is 1. The van der Waals surface area contributed by atoms with Crippen molar-refractivity contribution < 1.29 is 5.11 Å². The molecule has 0 aliphatic heterocycles. The number of aliphatic hydroxyl groups is 1. The highest BCUT2D eigenvalue weighted by atomic mass is 79.9. The molecule has 1 N–H and O–H groups in total. The van der Waals surface area contributed by atoms with E-state index in [1.165, 1.54) is 0 Å². The van der Waals surface area contributed by atoms with Gasteiger partial charge in [-0.05, 0) is 39.9 Å². The van der Waals surface area contributed by atoms with Crippen LogP contribution < -0.4 is 0 Å². The topological polar surface area (TPSA) is 33.1 Å². The molecule has 0 bridgehead atoms. The van der Waals surface area contributed by atoms with Gasteiger partial charge in [-0.1, -0.05) is 20.8 Å². The van der Waals surface area contributed by atoms with Crippen LogP contribution in [-0.4, -0.2) is 16.2 Å². The van der Waals surface area contributed by atoms with Crippen molar-refractivity contribution in [1.29, 1.82) is 0 Å². The van der Waals surface area contributed by atoms with Crippen LogP contribution in [0.3, 0.4) is 0 Å². The van der Waals surface area contributed by atoms with Crippen LogP contribution in [0.1, 0.15) is 32.9 Å². The fraction of sp³-hybridized carbons (Fsp3) is 0.583. The lowest BCUT2D eigenvalue weighted by atomic mass is 9.82. The molecule has 0 saturated heterocycles. The standard InChI is InChI=1S/C12H18BrNO/c1-4-12(2,3)11(15)7-10-6-5-9(13)8-14-10/h5-6,8,11,15H,4,7H2,1-3H3. The molecule has 84 valence electrons. The van der Waals surface area contributed by atoms with Gasteiger partial charge in [-0.25, -0.2) is 0 Å². The minimum atomic E-state index is -0.337. The summed E-state index contributed by atoms with van der Waals surface area (Å²) in [4.78, 5) is 4.26. The van der Waals surface area contributed by atoms with E-state index in [4.69, 9.17) is 0 Å². The lowest BCUT2D eigenvalue weighted by Crippen LogP contribution is -2.30. The molecule has 2 nitrogen and oxygen atoms in total. The summed E-state index contributed by atoms with van der Waals surface area (Å²) in [6.07, 6.45) is 3.01. The Hall–Kier alpha value is -0.410. The van der Waals surface area contributed by atoms with E-state index in [1.54, 1.807) is 6.20 Å². The second-order valence-corrected chi connectivity index (χ2v) is 5.45. The number of nitrogens with zero attached hydrogens (tertiary/aromatic N) is 1. The zero-order chi connectivity index (χ0) is 11.5. The first-order chi connectivity index (χ1) is 6.95. The van der Waals surface area contributed by atoms with E-state index in [0.717, 1.165) is 16.6 Å². The highest BCUT2D eigenvalue weighted by molar-refractivity contribution is 9.10. The average molecular weight is 272 g/mol. The first-order valence-corrected chi connectivity index (χ1v) is 6.03. The van der Waals surface area contributed by atoms with Crippen LogP contribution in [0.25, 0.3) is 0 Å². The minimum Gasteiger partial charge on any atom is -0.392 e. The van der Waals surface area contributed by atoms with E-state index < -0.39 is 0 Å². The van der Waals surface area contributed by atoms with Crippen LogP contribution in [0.5, 0.6) is 0 Å². The Balaban J connectivity index is 2.66. The highest BCUT2D eigenvalue weighted by Gasteiger charge is 2.25. The van der Waals surface area contributed by atoms with Gasteiger partial charge < -0.3 is 5.11 Å². The monoisotopic (exact) mass is 271 g/mol. The Morgan fingerprint density at radius 3 is 2.60 bits per heavy atom. The van der Waals surface area contributed by atoms with Crippen LogP contribution in [0.2, 0.25) is 0 Å². The van der Waals surface area contributed by atoms with Gasteiger partial charge >= 0.3 is 0 Å². The van der Waals surface area contributed by atoms with Crippen LogP contribution in [0.4, 0.5) is 0 Å². The molecule has 3 heteroatoms. The van der Waals surface area contributed by atoms with Crippen molar-refractivity contribution in [3.8, 4) is 0 Å². The van der Waals surface area contributed by atoms with E-state index >= 15 is 0 Å². The summed E-state index contributed by atoms with van der Waals surface area (Å²) in [5, 5.41) is 10.0. The second-order valence-electron chi connectivity index (χ2n) is 4.53. The quantitative estimate of drug-likeness (QED) is 0.913. The number of rotatable bonds is 4. The lowest BCUT2D eigenvalue weighted by molar-refractivity contribution is 0.0472. The molecule has 1 aromatic heterocycles. The van der Waals surface area contributed by atoms with Gasteiger partial charge in [0, 0.05) is 22.8 Å². The zero-order valence-corrected chi connectivity index (χ0v) is 11.1. The van der Waals surface area contributed by atoms with Crippen molar-refractivity contribution in [2.45, 2.75) is 39.7 Å². The van der Waals surface area contributed by atoms with E-state index in [0.29, 0.717) is 6.42 Å². The Labute approximate surface area is 99.9 Å². The van der Waals surface area contributed by atoms with Gasteiger partial charge in [0.05, 0.1) is 6.10 Å². The van der Waals surface area contributed by atoms with Crippen molar-refractivity contribution in [2.75, 3.05) is 0 Å². The molecule has 0 radical (unpaired) electrons. The summed E-state index contributed by atoms with van der Waals surface area (Å²) >= 11 is 3.34. The van der Waals surface area contributed by atoms with E-state index in [1.807, 2.05) is 12.1 Å². The van der Waals surface area contributed by atoms with Crippen molar-refractivity contribution in [2.24, 2.45) is 5.41 Å². The molecule has 0 aromatic carbocycles. The first-order valence-electron chi connectivity index (χ1n) is 5.24. The smallest absolute Gasteiger partial charge is 0.0646 e. The summed E-state index contributed by atoms with van der Waals surface area (Å²) in [7, 11) is 0. The molecule has 0 amide bonds. The third kappa shape index (κ3) is 3.58. The molecule has 1 atom stereocenters. The summed E-state index contributed by atoms with van der Waals surface area (Å²) < 4.78 is 0.968. The van der Waals surface area contributed by atoms with E-state index in [-0.39, 0.29) is 11.5 Å². The molecule has 0 spiro atoms. The van der Waals surface area contributed by atoms with Gasteiger partial charge in [0.25, 0.3) is 0 Å². The fourth-order valence-electron chi connectivity index (χ4n) is 1.24. The molecular formula is C12H18BrNO. The summed E-state index contributed by atoms with van der Waals surface area (Å²) in [5.74, 6) is 0. The summed E-state index contributed by atoms with van der Waals surface area (Å²) in [6.45, 7) is 6.26. The predicted octanol–water partition coefficient (Wildman–Crippen LogP) is 3.18. The Kier molecular flexibility index (Phi) is 4.29. The van der Waals surface area contributed by atoms with Gasteiger partial charge in [0.15, 0.2) is 0 Å². The van der Waals surface area contributed by atoms with Crippen LogP contribution >= 0.6 is 15.9 Å². The van der Waals surface area contributed by atoms with Gasteiger partial charge in [0.2, 0.25) is 0 Å².